The quantitative estimate of drug-likeness (QED) is 0.0394. The predicted molar refractivity (Wildman–Crippen MR) is 511 cm³/mol. The molecule has 35 heteroatoms. The molecule has 20 rings (SSSR count). The number of fused-ring (bicyclic) bond motifs is 5. The molecule has 126 heavy (non-hydrogen) atoms. The van der Waals surface area contributed by atoms with Crippen molar-refractivity contribution in [3.63, 3.8) is 0 Å². The maximum absolute atomic E-state index is 6.38. The fourth-order valence-electron chi connectivity index (χ4n) is 13.1. The number of rotatable bonds is 22. The van der Waals surface area contributed by atoms with Crippen LogP contribution in [0.25, 0.3) is 83.8 Å². The average Bonchev–Trinajstić information content (AvgIpc) is 1.60. The minimum absolute atomic E-state index is 0.472. The van der Waals surface area contributed by atoms with Crippen LogP contribution in [0.2, 0.25) is 10.0 Å². The Morgan fingerprint density at radius 1 is 0.349 bits per heavy atom. The highest BCUT2D eigenvalue weighted by atomic mass is 79.9. The standard InChI is InChI=1S/2C19H17BrN5O.C19H16BrN5.C18H12BrCl2N5.C16H12BrN5S/c1-26-24-9-5-6-14(13-24)11-21-18-10-17(15-7-3-2-4-8-15)23-19-16(20)12-22-25(18)19;1-26-24-9-7-14(8-10-24)12-21-18-11-17(15-5-3-2-4-6-15)23-19-16(20)13-22-25(18)19;1-13-5-2-3-7-15(13)17-9-18(22-11-14-6-4-8-21-10-14)25-19(24-17)16(20)12-23-25;19-13-10-24-26-16(23-9-11-3-2-6-22-8-11)7-15(25-18(13)26)12-4-1-5-14(20)17(12)21;17-12-10-20-22-15(19-9-11-3-1-5-18-8-11)7-13(21-16(12)22)14-4-2-6-23-14/h2-10,12-13,21H,11H2,1H3;2-11,13,21H,12H2,1H3;2-10,12,22H,11H2,1H3;1-8,10,23H,9H2;1-8,10,19H,9H2/q2*+1;;;. The zero-order valence-corrected chi connectivity index (χ0v) is 77.5. The van der Waals surface area contributed by atoms with E-state index in [4.69, 9.17) is 52.8 Å². The molecule has 0 spiro atoms. The van der Waals surface area contributed by atoms with Crippen LogP contribution in [0.4, 0.5) is 29.1 Å². The van der Waals surface area contributed by atoms with Crippen molar-refractivity contribution in [1.29, 1.82) is 0 Å². The summed E-state index contributed by atoms with van der Waals surface area (Å²) in [6.07, 6.45) is 27.1. The van der Waals surface area contributed by atoms with Crippen LogP contribution in [0.3, 0.4) is 0 Å². The molecule has 20 aromatic rings. The van der Waals surface area contributed by atoms with Crippen molar-refractivity contribution >= 4 is 172 Å². The molecule has 0 aliphatic carbocycles. The highest BCUT2D eigenvalue weighted by molar-refractivity contribution is 9.11. The van der Waals surface area contributed by atoms with Gasteiger partial charge in [-0.3, -0.25) is 24.6 Å². The van der Waals surface area contributed by atoms with Crippen LogP contribution in [0.5, 0.6) is 0 Å². The largest absolute Gasteiger partial charge is 0.366 e. The van der Waals surface area contributed by atoms with Crippen molar-refractivity contribution in [2.24, 2.45) is 0 Å². The van der Waals surface area contributed by atoms with Crippen LogP contribution in [0.15, 0.2) is 327 Å². The lowest BCUT2D eigenvalue weighted by Gasteiger charge is -2.12. The van der Waals surface area contributed by atoms with Crippen molar-refractivity contribution in [3.8, 4) is 55.6 Å². The fourth-order valence-corrected chi connectivity index (χ4v) is 15.9. The second-order valence-electron chi connectivity index (χ2n) is 27.8. The average molecular weight is 2050 g/mol. The molecule has 0 unspecified atom stereocenters. The Bertz CT molecular complexity index is 7090. The van der Waals surface area contributed by atoms with Crippen molar-refractivity contribution < 1.29 is 19.1 Å². The van der Waals surface area contributed by atoms with Crippen LogP contribution in [-0.2, 0) is 32.7 Å². The maximum atomic E-state index is 6.38. The lowest BCUT2D eigenvalue weighted by Crippen LogP contribution is -2.40. The SMILES string of the molecule is Brc1cnn2c(NCc3cccnc3)cc(-c3cccs3)nc12.CO[n+]1ccc(CNc2cc(-c3ccccc3)nc3c(Br)cnn23)cc1.CO[n+]1cccc(CNc2cc(-c3ccccc3)nc3c(Br)cnn23)c1.Cc1ccccc1-c1cc(NCc2cccnc2)n2ncc(Br)c2n1.Clc1cccc(-c2cc(NCc3cccnc3)n3ncc(Br)c3n2)c1Cl. The molecule has 16 aromatic heterocycles. The van der Waals surface area contributed by atoms with E-state index in [1.165, 1.54) is 5.56 Å². The van der Waals surface area contributed by atoms with E-state index < -0.39 is 0 Å². The molecule has 0 bridgehead atoms. The van der Waals surface area contributed by atoms with Gasteiger partial charge in [0.2, 0.25) is 24.8 Å². The van der Waals surface area contributed by atoms with E-state index in [1.807, 2.05) is 230 Å². The minimum atomic E-state index is 0.472. The Morgan fingerprint density at radius 3 is 1.13 bits per heavy atom. The van der Waals surface area contributed by atoms with E-state index in [2.05, 4.69) is 182 Å². The number of hydrogen-bond acceptors (Lipinski definition) is 21. The van der Waals surface area contributed by atoms with Gasteiger partial charge in [0.25, 0.3) is 0 Å². The summed E-state index contributed by atoms with van der Waals surface area (Å²) in [6.45, 7) is 5.33. The summed E-state index contributed by atoms with van der Waals surface area (Å²) >= 11 is 31.8. The Balaban J connectivity index is 0.000000116. The Labute approximate surface area is 778 Å². The first-order chi connectivity index (χ1) is 61.6. The van der Waals surface area contributed by atoms with Gasteiger partial charge in [-0.15, -0.1) is 11.3 Å². The number of anilines is 5. The lowest BCUT2D eigenvalue weighted by molar-refractivity contribution is -0.885. The zero-order valence-electron chi connectivity index (χ0n) is 67.2. The van der Waals surface area contributed by atoms with E-state index in [0.717, 1.165) is 152 Å². The van der Waals surface area contributed by atoms with Crippen LogP contribution in [0.1, 0.15) is 33.4 Å². The van der Waals surface area contributed by atoms with Gasteiger partial charge in [-0.1, -0.05) is 145 Å². The first-order valence-electron chi connectivity index (χ1n) is 39.0. The minimum Gasteiger partial charge on any atom is -0.366 e. The third kappa shape index (κ3) is 21.0. The molecule has 0 saturated heterocycles. The molecule has 628 valence electrons. The van der Waals surface area contributed by atoms with Crippen LogP contribution in [-0.4, -0.2) is 102 Å². The van der Waals surface area contributed by atoms with Crippen LogP contribution in [0, 0.1) is 6.92 Å². The summed E-state index contributed by atoms with van der Waals surface area (Å²) in [5.74, 6) is 4.32. The summed E-state index contributed by atoms with van der Waals surface area (Å²) in [5.41, 5.74) is 18.9. The second kappa shape index (κ2) is 41.2. The highest BCUT2D eigenvalue weighted by Gasteiger charge is 2.20. The van der Waals surface area contributed by atoms with Gasteiger partial charge >= 0.3 is 0 Å². The van der Waals surface area contributed by atoms with Gasteiger partial charge in [0.1, 0.15) is 43.3 Å². The number of halogens is 7. The zero-order chi connectivity index (χ0) is 86.8. The van der Waals surface area contributed by atoms with Crippen molar-refractivity contribution in [1.82, 2.24) is 87.9 Å². The molecule has 0 radical (unpaired) electrons. The number of nitrogens with zero attached hydrogens (tertiary/aromatic N) is 20. The van der Waals surface area contributed by atoms with Gasteiger partial charge < -0.3 is 26.6 Å². The van der Waals surface area contributed by atoms with E-state index in [-0.39, 0.29) is 0 Å². The topological polar surface area (TPSA) is 276 Å². The van der Waals surface area contributed by atoms with E-state index in [0.29, 0.717) is 54.1 Å². The van der Waals surface area contributed by atoms with E-state index >= 15 is 0 Å². The fraction of sp³-hybridized carbons (Fsp3) is 0.0879. The molecular formula is C91H74Br5Cl2N25O2S+2. The number of benzene rings is 4. The van der Waals surface area contributed by atoms with Crippen LogP contribution >= 0.6 is 114 Å². The first kappa shape index (κ1) is 86.5. The predicted octanol–water partition coefficient (Wildman–Crippen LogP) is 20.4. The van der Waals surface area contributed by atoms with Gasteiger partial charge in [-0.25, -0.2) is 24.9 Å². The molecule has 4 aromatic carbocycles. The highest BCUT2D eigenvalue weighted by Crippen LogP contribution is 2.37. The van der Waals surface area contributed by atoms with Crippen molar-refractivity contribution in [2.75, 3.05) is 40.8 Å². The Kier molecular flexibility index (Phi) is 28.3. The summed E-state index contributed by atoms with van der Waals surface area (Å²) in [7, 11) is 3.27. The molecule has 0 atom stereocenters. The number of nitrogens with one attached hydrogen (secondary N) is 5. The molecule has 27 nitrogen and oxygen atoms in total. The summed E-state index contributed by atoms with van der Waals surface area (Å²) in [5, 5.41) is 42.2. The van der Waals surface area contributed by atoms with Crippen molar-refractivity contribution in [3.05, 3.63) is 370 Å². The molecule has 16 heterocycles. The normalized spacial score (nSPS) is 10.9. The molecule has 5 N–H and O–H groups in total. The van der Waals surface area contributed by atoms with E-state index in [1.54, 1.807) is 109 Å². The molecule has 0 aliphatic rings. The maximum Gasteiger partial charge on any atom is 0.227 e. The molecule has 0 saturated carbocycles. The van der Waals surface area contributed by atoms with Crippen molar-refractivity contribution in [2.45, 2.75) is 39.6 Å². The Morgan fingerprint density at radius 2 is 0.722 bits per heavy atom. The number of aryl methyl sites for hydroxylation is 1. The van der Waals surface area contributed by atoms with Gasteiger partial charge in [0.05, 0.1) is 96.7 Å². The summed E-state index contributed by atoms with van der Waals surface area (Å²) in [4.78, 5) is 47.5. The monoisotopic (exact) mass is 2050 g/mol. The Hall–Kier alpha value is -13.0. The number of pyridine rings is 5. The second-order valence-corrected chi connectivity index (χ2v) is 33.8. The third-order valence-corrected chi connectivity index (χ3v) is 23.9. The molecule has 0 aliphatic heterocycles. The first-order valence-corrected chi connectivity index (χ1v) is 44.6. The van der Waals surface area contributed by atoms with Gasteiger partial charge in [-0.2, -0.15) is 48.1 Å². The molecular weight excluding hydrogens is 1980 g/mol. The van der Waals surface area contributed by atoms with E-state index in [9.17, 15) is 0 Å². The summed E-state index contributed by atoms with van der Waals surface area (Å²) in [6, 6.07) is 67.9. The number of hydrogen-bond donors (Lipinski definition) is 5. The smallest absolute Gasteiger partial charge is 0.227 e. The lowest BCUT2D eigenvalue weighted by atomic mass is 10.1. The van der Waals surface area contributed by atoms with Crippen LogP contribution < -0.4 is 45.7 Å². The number of thiophene rings is 1. The molecule has 0 fully saturated rings. The molecule has 0 amide bonds. The van der Waals surface area contributed by atoms with Gasteiger partial charge in [-0.05, 0) is 156 Å². The summed E-state index contributed by atoms with van der Waals surface area (Å²) < 4.78 is 16.5. The van der Waals surface area contributed by atoms with Gasteiger partial charge in [0.15, 0.2) is 28.2 Å². The van der Waals surface area contributed by atoms with Gasteiger partial charge in [0, 0.05) is 156 Å². The number of aromatic nitrogens is 20. The third-order valence-electron chi connectivity index (χ3n) is 19.4.